The highest BCUT2D eigenvalue weighted by Crippen LogP contribution is 2.57. The van der Waals surface area contributed by atoms with E-state index in [4.69, 9.17) is 0 Å². The van der Waals surface area contributed by atoms with Crippen LogP contribution in [0.3, 0.4) is 0 Å². The molecule has 74 valence electrons. The van der Waals surface area contributed by atoms with Crippen LogP contribution in [0.2, 0.25) is 0 Å². The maximum Gasteiger partial charge on any atom is 0.0906 e. The average Bonchev–Trinajstić information content (AvgIpc) is 2.23. The molecule has 13 heavy (non-hydrogen) atoms. The first-order chi connectivity index (χ1) is 5.95. The van der Waals surface area contributed by atoms with Gasteiger partial charge in [0.25, 0.3) is 0 Å². The van der Waals surface area contributed by atoms with Crippen LogP contribution in [-0.2, 0) is 0 Å². The summed E-state index contributed by atoms with van der Waals surface area (Å²) in [5, 5.41) is 0. The highest BCUT2D eigenvalue weighted by molar-refractivity contribution is 9.18. The van der Waals surface area contributed by atoms with Gasteiger partial charge in [0.2, 0.25) is 0 Å². The second-order valence-electron chi connectivity index (χ2n) is 2.81. The van der Waals surface area contributed by atoms with E-state index in [0.29, 0.717) is 0 Å². The Bertz CT molecular complexity index is 265. The third kappa shape index (κ3) is 2.19. The zero-order valence-electron chi connectivity index (χ0n) is 6.80. The fourth-order valence-electron chi connectivity index (χ4n) is 1.20. The molecule has 0 nitrogen and oxygen atoms in total. The lowest BCUT2D eigenvalue weighted by atomic mass is 10.1. The van der Waals surface area contributed by atoms with Gasteiger partial charge in [-0.2, -0.15) is 0 Å². The monoisotopic (exact) mass is 498 g/mol. The predicted molar refractivity (Wildman–Crippen MR) is 76.3 cm³/mol. The topological polar surface area (TPSA) is 0 Å². The SMILES string of the molecule is CCCC1(Br)C(Br)=C(Br)C(Br)=C1Br. The molecule has 0 spiro atoms. The summed E-state index contributed by atoms with van der Waals surface area (Å²) in [5.74, 6) is 0. The third-order valence-electron chi connectivity index (χ3n) is 1.87. The van der Waals surface area contributed by atoms with Gasteiger partial charge in [-0.05, 0) is 38.3 Å². The van der Waals surface area contributed by atoms with Crippen molar-refractivity contribution in [2.75, 3.05) is 0 Å². The van der Waals surface area contributed by atoms with Gasteiger partial charge in [0, 0.05) is 17.9 Å². The minimum Gasteiger partial charge on any atom is -0.0736 e. The van der Waals surface area contributed by atoms with Crippen molar-refractivity contribution >= 4 is 79.6 Å². The van der Waals surface area contributed by atoms with Crippen molar-refractivity contribution < 1.29 is 0 Å². The van der Waals surface area contributed by atoms with Crippen LogP contribution in [0.1, 0.15) is 19.8 Å². The van der Waals surface area contributed by atoms with E-state index >= 15 is 0 Å². The Kier molecular flexibility index (Phi) is 4.79. The molecule has 0 aromatic heterocycles. The summed E-state index contributed by atoms with van der Waals surface area (Å²) in [4.78, 5) is 0. The molecule has 0 aliphatic heterocycles. The molecule has 0 amide bonds. The van der Waals surface area contributed by atoms with E-state index in [9.17, 15) is 0 Å². The number of allylic oxidation sites excluding steroid dienone is 4. The molecule has 0 saturated heterocycles. The van der Waals surface area contributed by atoms with Crippen LogP contribution < -0.4 is 0 Å². The average molecular weight is 503 g/mol. The van der Waals surface area contributed by atoms with Crippen LogP contribution in [0.5, 0.6) is 0 Å². The van der Waals surface area contributed by atoms with Crippen molar-refractivity contribution in [1.82, 2.24) is 0 Å². The van der Waals surface area contributed by atoms with E-state index in [2.05, 4.69) is 86.6 Å². The highest BCUT2D eigenvalue weighted by Gasteiger charge is 2.41. The molecule has 0 bridgehead atoms. The predicted octanol–water partition coefficient (Wildman–Crippen LogP) is 5.94. The highest BCUT2D eigenvalue weighted by atomic mass is 79.9. The second kappa shape index (κ2) is 4.81. The fourth-order valence-corrected chi connectivity index (χ4v) is 5.59. The Morgan fingerprint density at radius 2 is 1.38 bits per heavy atom. The van der Waals surface area contributed by atoms with Gasteiger partial charge in [-0.25, -0.2) is 0 Å². The van der Waals surface area contributed by atoms with Crippen LogP contribution in [0.4, 0.5) is 0 Å². The molecule has 0 N–H and O–H groups in total. The molecular weight excluding hydrogens is 496 g/mol. The molecular formula is C8H7Br5. The summed E-state index contributed by atoms with van der Waals surface area (Å²) < 4.78 is 4.34. The first-order valence-corrected chi connectivity index (χ1v) is 7.72. The van der Waals surface area contributed by atoms with Gasteiger partial charge in [0.15, 0.2) is 0 Å². The lowest BCUT2D eigenvalue weighted by molar-refractivity contribution is 0.739. The standard InChI is InChI=1S/C8H7Br5/c1-2-3-8(13)6(11)4(9)5(10)7(8)12/h2-3H2,1H3. The van der Waals surface area contributed by atoms with Crippen LogP contribution in [-0.4, -0.2) is 4.32 Å². The Labute approximate surface area is 120 Å². The molecule has 5 heteroatoms. The first kappa shape index (κ1) is 12.9. The van der Waals surface area contributed by atoms with E-state index < -0.39 is 0 Å². The van der Waals surface area contributed by atoms with Crippen molar-refractivity contribution in [2.45, 2.75) is 24.1 Å². The minimum atomic E-state index is -0.0839. The van der Waals surface area contributed by atoms with Crippen molar-refractivity contribution in [3.63, 3.8) is 0 Å². The van der Waals surface area contributed by atoms with Crippen LogP contribution in [0.25, 0.3) is 0 Å². The zero-order chi connectivity index (χ0) is 10.2. The Balaban J connectivity index is 3.14. The van der Waals surface area contributed by atoms with Crippen molar-refractivity contribution in [1.29, 1.82) is 0 Å². The van der Waals surface area contributed by atoms with E-state index in [1.54, 1.807) is 0 Å². The van der Waals surface area contributed by atoms with Crippen molar-refractivity contribution in [3.8, 4) is 0 Å². The summed E-state index contributed by atoms with van der Waals surface area (Å²) in [6.45, 7) is 2.17. The molecule has 0 radical (unpaired) electrons. The third-order valence-corrected chi connectivity index (χ3v) is 9.45. The number of hydrogen-bond acceptors (Lipinski definition) is 0. The van der Waals surface area contributed by atoms with Crippen molar-refractivity contribution in [2.24, 2.45) is 0 Å². The van der Waals surface area contributed by atoms with Crippen LogP contribution in [0.15, 0.2) is 17.9 Å². The molecule has 0 atom stereocenters. The van der Waals surface area contributed by atoms with E-state index in [1.807, 2.05) is 0 Å². The molecule has 1 rings (SSSR count). The van der Waals surface area contributed by atoms with Gasteiger partial charge in [-0.3, -0.25) is 0 Å². The van der Waals surface area contributed by atoms with E-state index in [0.717, 1.165) is 30.8 Å². The Morgan fingerprint density at radius 1 is 1.00 bits per heavy atom. The quantitative estimate of drug-likeness (QED) is 0.410. The Hall–Kier alpha value is 1.88. The van der Waals surface area contributed by atoms with Crippen LogP contribution in [0, 0.1) is 0 Å². The largest absolute Gasteiger partial charge is 0.0906 e. The number of hydrogen-bond donors (Lipinski definition) is 0. The van der Waals surface area contributed by atoms with Gasteiger partial charge in [0.1, 0.15) is 0 Å². The molecule has 0 fully saturated rings. The molecule has 0 unspecified atom stereocenters. The minimum absolute atomic E-state index is 0.0839. The summed E-state index contributed by atoms with van der Waals surface area (Å²) in [5.41, 5.74) is 0. The van der Waals surface area contributed by atoms with Gasteiger partial charge in [-0.1, -0.05) is 61.1 Å². The smallest absolute Gasteiger partial charge is 0.0736 e. The van der Waals surface area contributed by atoms with E-state index in [-0.39, 0.29) is 4.32 Å². The first-order valence-electron chi connectivity index (χ1n) is 3.76. The lowest BCUT2D eigenvalue weighted by Gasteiger charge is -2.23. The lowest BCUT2D eigenvalue weighted by Crippen LogP contribution is -2.18. The van der Waals surface area contributed by atoms with Gasteiger partial charge in [-0.15, -0.1) is 0 Å². The van der Waals surface area contributed by atoms with Gasteiger partial charge < -0.3 is 0 Å². The fraction of sp³-hybridized carbons (Fsp3) is 0.500. The van der Waals surface area contributed by atoms with E-state index in [1.165, 1.54) is 0 Å². The normalized spacial score (nSPS) is 21.7. The zero-order valence-corrected chi connectivity index (χ0v) is 14.7. The Morgan fingerprint density at radius 3 is 1.69 bits per heavy atom. The van der Waals surface area contributed by atoms with Crippen LogP contribution >= 0.6 is 79.6 Å². The summed E-state index contributed by atoms with van der Waals surface area (Å²) in [6.07, 6.45) is 2.17. The van der Waals surface area contributed by atoms with Crippen molar-refractivity contribution in [3.05, 3.63) is 17.9 Å². The summed E-state index contributed by atoms with van der Waals surface area (Å²) >= 11 is 18.0. The molecule has 0 aromatic carbocycles. The number of halogens is 5. The molecule has 1 aliphatic rings. The maximum atomic E-state index is 3.75. The second-order valence-corrected chi connectivity index (χ2v) is 7.33. The summed E-state index contributed by atoms with van der Waals surface area (Å²) in [6, 6.07) is 0. The van der Waals surface area contributed by atoms with Gasteiger partial charge in [0.05, 0.1) is 4.32 Å². The molecule has 0 aromatic rings. The maximum absolute atomic E-state index is 3.75. The number of rotatable bonds is 2. The summed E-state index contributed by atoms with van der Waals surface area (Å²) in [7, 11) is 0. The van der Waals surface area contributed by atoms with Gasteiger partial charge >= 0.3 is 0 Å². The molecule has 1 aliphatic carbocycles. The molecule has 0 saturated carbocycles. The number of alkyl halides is 1. The molecule has 0 heterocycles.